The number of amides is 1. The van der Waals surface area contributed by atoms with Gasteiger partial charge in [0.1, 0.15) is 5.75 Å². The summed E-state index contributed by atoms with van der Waals surface area (Å²) >= 11 is 1.56. The summed E-state index contributed by atoms with van der Waals surface area (Å²) in [5, 5.41) is 16.2. The lowest BCUT2D eigenvalue weighted by Gasteiger charge is -2.35. The van der Waals surface area contributed by atoms with Gasteiger partial charge in [0.25, 0.3) is 0 Å². The van der Waals surface area contributed by atoms with Crippen LogP contribution >= 0.6 is 11.8 Å². The minimum Gasteiger partial charge on any atom is -0.506 e. The van der Waals surface area contributed by atoms with E-state index in [2.05, 4.69) is 20.6 Å². The number of thioether (sulfide) groups is 1. The number of nitrogens with two attached hydrogens (primary N) is 1. The first kappa shape index (κ1) is 19.1. The number of aromatic nitrogens is 2. The van der Waals surface area contributed by atoms with Crippen molar-refractivity contribution in [3.05, 3.63) is 35.8 Å². The van der Waals surface area contributed by atoms with Gasteiger partial charge in [0, 0.05) is 16.9 Å². The molecule has 3 aliphatic rings. The lowest BCUT2D eigenvalue weighted by molar-refractivity contribution is -0.123. The Hall–Kier alpha value is -2.88. The molecular formula is C20H20FN5O3S. The van der Waals surface area contributed by atoms with Crippen LogP contribution in [0.3, 0.4) is 0 Å². The molecule has 2 heterocycles. The normalized spacial score (nSPS) is 29.6. The van der Waals surface area contributed by atoms with Crippen LogP contribution in [0.4, 0.5) is 21.8 Å². The fourth-order valence-electron chi connectivity index (χ4n) is 4.98. The van der Waals surface area contributed by atoms with Crippen molar-refractivity contribution in [1.82, 2.24) is 9.97 Å². The molecule has 156 valence electrons. The fraction of sp³-hybridized carbons (Fsp3) is 0.400. The number of anilines is 3. The predicted molar refractivity (Wildman–Crippen MR) is 110 cm³/mol. The van der Waals surface area contributed by atoms with Crippen molar-refractivity contribution in [3.8, 4) is 5.75 Å². The van der Waals surface area contributed by atoms with Crippen LogP contribution in [0.5, 0.6) is 5.75 Å². The van der Waals surface area contributed by atoms with Crippen LogP contribution in [0.1, 0.15) is 23.2 Å². The van der Waals surface area contributed by atoms with Gasteiger partial charge in [-0.3, -0.25) is 9.59 Å². The number of halogens is 1. The van der Waals surface area contributed by atoms with Crippen LogP contribution in [-0.2, 0) is 4.79 Å². The Morgan fingerprint density at radius 1 is 1.33 bits per heavy atom. The summed E-state index contributed by atoms with van der Waals surface area (Å²) in [5.74, 6) is -1.11. The molecule has 1 aromatic carbocycles. The monoisotopic (exact) mass is 429 g/mol. The van der Waals surface area contributed by atoms with Crippen LogP contribution < -0.4 is 16.4 Å². The number of phenolic OH excluding ortho intramolecular Hbond substituents is 1. The summed E-state index contributed by atoms with van der Waals surface area (Å²) in [6, 6.07) is 4.18. The summed E-state index contributed by atoms with van der Waals surface area (Å²) in [6.45, 7) is 0. The summed E-state index contributed by atoms with van der Waals surface area (Å²) < 4.78 is 14.5. The van der Waals surface area contributed by atoms with Gasteiger partial charge in [-0.1, -0.05) is 0 Å². The molecule has 0 radical (unpaired) electrons. The number of ketones is 1. The second-order valence-corrected chi connectivity index (χ2v) is 9.24. The standard InChI is InChI=1S/C20H20FN5O3S/c21-11-6-23-20-24-12-4-8(1-2-13(12)27)14(28)7-30-15-5-9-3-10(15)17(16(9)18(22)29)25-19(11)26-20/h1-2,4,6,9-10,15-17,27H,3,5,7H2,(H2,22,29)(H2,23,24,25,26)/t9-,10-,15-,16+,17-/m1/s1. The molecule has 2 aliphatic carbocycles. The number of primary amides is 1. The Morgan fingerprint density at radius 3 is 2.97 bits per heavy atom. The zero-order valence-corrected chi connectivity index (χ0v) is 16.7. The predicted octanol–water partition coefficient (Wildman–Crippen LogP) is 2.28. The molecule has 2 fully saturated rings. The Morgan fingerprint density at radius 2 is 2.17 bits per heavy atom. The minimum absolute atomic E-state index is 0.0242. The fourth-order valence-corrected chi connectivity index (χ4v) is 6.42. The summed E-state index contributed by atoms with van der Waals surface area (Å²) in [6.07, 6.45) is 2.63. The number of carbonyl (C=O) groups is 2. The summed E-state index contributed by atoms with van der Waals surface area (Å²) in [7, 11) is 0. The second kappa shape index (κ2) is 7.12. The van der Waals surface area contributed by atoms with Crippen molar-refractivity contribution in [1.29, 1.82) is 0 Å². The van der Waals surface area contributed by atoms with Crippen LogP contribution in [0, 0.1) is 23.6 Å². The molecule has 5 atom stereocenters. The number of aromatic hydroxyl groups is 1. The zero-order chi connectivity index (χ0) is 21.0. The topological polar surface area (TPSA) is 130 Å². The maximum Gasteiger partial charge on any atom is 0.229 e. The molecule has 2 aromatic rings. The van der Waals surface area contributed by atoms with Gasteiger partial charge in [-0.15, -0.1) is 11.8 Å². The number of rotatable bonds is 1. The average Bonchev–Trinajstić information content (AvgIpc) is 3.27. The molecule has 0 unspecified atom stereocenters. The van der Waals surface area contributed by atoms with Gasteiger partial charge >= 0.3 is 0 Å². The van der Waals surface area contributed by atoms with Gasteiger partial charge in [0.2, 0.25) is 11.9 Å². The van der Waals surface area contributed by atoms with Crippen molar-refractivity contribution in [2.75, 3.05) is 16.4 Å². The molecule has 1 aliphatic heterocycles. The molecule has 30 heavy (non-hydrogen) atoms. The van der Waals surface area contributed by atoms with E-state index in [9.17, 15) is 19.1 Å². The number of fused-ring (bicyclic) bond motifs is 5. The molecule has 1 aromatic heterocycles. The number of benzene rings is 1. The Labute approximate surface area is 175 Å². The smallest absolute Gasteiger partial charge is 0.229 e. The Bertz CT molecular complexity index is 1050. The molecule has 8 nitrogen and oxygen atoms in total. The number of hydrogen-bond acceptors (Lipinski definition) is 8. The van der Waals surface area contributed by atoms with E-state index < -0.39 is 17.6 Å². The first-order valence-electron chi connectivity index (χ1n) is 9.74. The third-order valence-electron chi connectivity index (χ3n) is 6.31. The van der Waals surface area contributed by atoms with Crippen molar-refractivity contribution >= 4 is 40.9 Å². The van der Waals surface area contributed by atoms with E-state index in [0.717, 1.165) is 19.0 Å². The van der Waals surface area contributed by atoms with E-state index in [1.54, 1.807) is 17.8 Å². The maximum absolute atomic E-state index is 14.5. The first-order chi connectivity index (χ1) is 14.4. The van der Waals surface area contributed by atoms with Gasteiger partial charge in [0.15, 0.2) is 17.4 Å². The number of nitrogens with one attached hydrogen (secondary N) is 2. The molecule has 10 heteroatoms. The van der Waals surface area contributed by atoms with E-state index >= 15 is 0 Å². The highest BCUT2D eigenvalue weighted by Crippen LogP contribution is 2.53. The third-order valence-corrected chi connectivity index (χ3v) is 7.71. The SMILES string of the molecule is NC(=O)[C@H]1[C@@H]2C[C@H]3[C@H]1Nc1nc(ncc1F)Nc1cc(ccc1O)C(=O)CS[C@@H]3C2. The highest BCUT2D eigenvalue weighted by Gasteiger charge is 2.55. The molecule has 0 saturated heterocycles. The van der Waals surface area contributed by atoms with Crippen LogP contribution in [0.25, 0.3) is 0 Å². The van der Waals surface area contributed by atoms with Crippen molar-refractivity contribution < 1.29 is 19.1 Å². The van der Waals surface area contributed by atoms with Gasteiger partial charge in [-0.2, -0.15) is 4.98 Å². The number of carbonyl (C=O) groups excluding carboxylic acids is 2. The molecule has 5 rings (SSSR count). The van der Waals surface area contributed by atoms with Gasteiger partial charge in [0.05, 0.1) is 23.6 Å². The molecule has 0 spiro atoms. The van der Waals surface area contributed by atoms with Crippen molar-refractivity contribution in [2.24, 2.45) is 23.5 Å². The zero-order valence-electron chi connectivity index (χ0n) is 15.8. The quantitative estimate of drug-likeness (QED) is 0.508. The first-order valence-corrected chi connectivity index (χ1v) is 10.8. The number of Topliss-reactive ketones (excluding diaryl/α,β-unsaturated/α-hetero) is 1. The Balaban J connectivity index is 1.58. The summed E-state index contributed by atoms with van der Waals surface area (Å²) in [5.41, 5.74) is 6.37. The number of hydrogen-bond donors (Lipinski definition) is 4. The largest absolute Gasteiger partial charge is 0.506 e. The molecule has 2 saturated carbocycles. The second-order valence-electron chi connectivity index (χ2n) is 8.01. The van der Waals surface area contributed by atoms with Crippen molar-refractivity contribution in [3.63, 3.8) is 0 Å². The summed E-state index contributed by atoms with van der Waals surface area (Å²) in [4.78, 5) is 33.0. The Kier molecular flexibility index (Phi) is 4.53. The van der Waals surface area contributed by atoms with Gasteiger partial charge < -0.3 is 21.5 Å². The highest BCUT2D eigenvalue weighted by molar-refractivity contribution is 8.00. The van der Waals surface area contributed by atoms with Gasteiger partial charge in [-0.25, -0.2) is 9.37 Å². The molecular weight excluding hydrogens is 409 g/mol. The maximum atomic E-state index is 14.5. The van der Waals surface area contributed by atoms with E-state index in [1.807, 2.05) is 0 Å². The number of nitrogens with zero attached hydrogens (tertiary/aromatic N) is 2. The van der Waals surface area contributed by atoms with Gasteiger partial charge in [-0.05, 0) is 42.9 Å². The van der Waals surface area contributed by atoms with E-state index in [-0.39, 0.29) is 57.9 Å². The van der Waals surface area contributed by atoms with Crippen LogP contribution in [0.15, 0.2) is 24.4 Å². The van der Waals surface area contributed by atoms with Crippen LogP contribution in [-0.4, -0.2) is 43.8 Å². The van der Waals surface area contributed by atoms with Crippen LogP contribution in [0.2, 0.25) is 0 Å². The van der Waals surface area contributed by atoms with E-state index in [1.165, 1.54) is 12.1 Å². The molecule has 6 bridgehead atoms. The van der Waals surface area contributed by atoms with E-state index in [0.29, 0.717) is 5.56 Å². The average molecular weight is 429 g/mol. The molecule has 1 amide bonds. The lowest BCUT2D eigenvalue weighted by Crippen LogP contribution is -2.46. The third kappa shape index (κ3) is 3.15. The highest BCUT2D eigenvalue weighted by atomic mass is 32.2. The van der Waals surface area contributed by atoms with E-state index in [4.69, 9.17) is 5.73 Å². The lowest BCUT2D eigenvalue weighted by atomic mass is 9.83. The minimum atomic E-state index is -0.643. The van der Waals surface area contributed by atoms with Crippen molar-refractivity contribution in [2.45, 2.75) is 24.1 Å². The molecule has 5 N–H and O–H groups in total. The number of phenols is 1.